The SMILES string of the molecule is O=C(O)[C@H]1CC(c2ccccc2)=C(c2ccccc2)C[C@@H]1C(=O)c1ccccc1. The predicted molar refractivity (Wildman–Crippen MR) is 114 cm³/mol. The van der Waals surface area contributed by atoms with E-state index in [1.54, 1.807) is 12.1 Å². The predicted octanol–water partition coefficient (Wildman–Crippen LogP) is 5.59. The Bertz CT molecular complexity index is 1040. The van der Waals surface area contributed by atoms with Crippen LogP contribution in [-0.2, 0) is 4.79 Å². The van der Waals surface area contributed by atoms with Crippen LogP contribution in [0.15, 0.2) is 91.0 Å². The number of benzene rings is 3. The molecular weight excluding hydrogens is 360 g/mol. The molecule has 144 valence electrons. The maximum absolute atomic E-state index is 13.2. The van der Waals surface area contributed by atoms with Crippen LogP contribution in [0.4, 0.5) is 0 Å². The molecule has 3 aromatic rings. The molecule has 3 nitrogen and oxygen atoms in total. The summed E-state index contributed by atoms with van der Waals surface area (Å²) in [6.45, 7) is 0. The zero-order valence-electron chi connectivity index (χ0n) is 16.0. The van der Waals surface area contributed by atoms with Gasteiger partial charge in [-0.1, -0.05) is 91.0 Å². The highest BCUT2D eigenvalue weighted by Gasteiger charge is 2.39. The summed E-state index contributed by atoms with van der Waals surface area (Å²) < 4.78 is 0. The van der Waals surface area contributed by atoms with E-state index in [0.29, 0.717) is 18.4 Å². The largest absolute Gasteiger partial charge is 0.481 e. The molecule has 1 N–H and O–H groups in total. The second kappa shape index (κ2) is 8.27. The summed E-state index contributed by atoms with van der Waals surface area (Å²) in [5.74, 6) is -2.35. The minimum atomic E-state index is -0.917. The van der Waals surface area contributed by atoms with E-state index in [0.717, 1.165) is 22.3 Å². The molecule has 0 heterocycles. The maximum Gasteiger partial charge on any atom is 0.307 e. The molecule has 0 unspecified atom stereocenters. The van der Waals surface area contributed by atoms with Gasteiger partial charge in [-0.05, 0) is 35.1 Å². The average Bonchev–Trinajstić information content (AvgIpc) is 2.79. The van der Waals surface area contributed by atoms with Crippen molar-refractivity contribution in [1.29, 1.82) is 0 Å². The van der Waals surface area contributed by atoms with Gasteiger partial charge in [-0.15, -0.1) is 0 Å². The second-order valence-corrected chi connectivity index (χ2v) is 7.38. The molecular formula is C26H22O3. The van der Waals surface area contributed by atoms with Crippen LogP contribution < -0.4 is 0 Å². The first kappa shape index (κ1) is 18.9. The fourth-order valence-corrected chi connectivity index (χ4v) is 4.18. The van der Waals surface area contributed by atoms with E-state index in [4.69, 9.17) is 0 Å². The summed E-state index contributed by atoms with van der Waals surface area (Å²) in [6, 6.07) is 28.9. The normalized spacial score (nSPS) is 19.0. The Hall–Kier alpha value is -3.46. The average molecular weight is 382 g/mol. The number of hydrogen-bond acceptors (Lipinski definition) is 2. The van der Waals surface area contributed by atoms with Crippen LogP contribution in [0.2, 0.25) is 0 Å². The van der Waals surface area contributed by atoms with E-state index in [9.17, 15) is 14.7 Å². The molecule has 0 bridgehead atoms. The van der Waals surface area contributed by atoms with Crippen molar-refractivity contribution in [3.63, 3.8) is 0 Å². The molecule has 1 aliphatic rings. The van der Waals surface area contributed by atoms with Crippen LogP contribution in [0.5, 0.6) is 0 Å². The summed E-state index contributed by atoms with van der Waals surface area (Å²) in [4.78, 5) is 25.4. The second-order valence-electron chi connectivity index (χ2n) is 7.38. The van der Waals surface area contributed by atoms with Crippen molar-refractivity contribution in [1.82, 2.24) is 0 Å². The lowest BCUT2D eigenvalue weighted by Gasteiger charge is -2.32. The van der Waals surface area contributed by atoms with E-state index in [1.807, 2.05) is 78.9 Å². The number of carbonyl (C=O) groups is 2. The molecule has 0 amide bonds. The summed E-state index contributed by atoms with van der Waals surface area (Å²) in [5, 5.41) is 9.95. The van der Waals surface area contributed by atoms with Gasteiger partial charge in [0.15, 0.2) is 5.78 Å². The van der Waals surface area contributed by atoms with E-state index in [1.165, 1.54) is 0 Å². The first-order valence-electron chi connectivity index (χ1n) is 9.80. The van der Waals surface area contributed by atoms with Crippen molar-refractivity contribution < 1.29 is 14.7 Å². The van der Waals surface area contributed by atoms with Crippen LogP contribution >= 0.6 is 0 Å². The van der Waals surface area contributed by atoms with Gasteiger partial charge in [-0.2, -0.15) is 0 Å². The molecule has 29 heavy (non-hydrogen) atoms. The number of Topliss-reactive ketones (excluding diaryl/α,β-unsaturated/α-hetero) is 1. The van der Waals surface area contributed by atoms with Gasteiger partial charge in [-0.3, -0.25) is 9.59 Å². The van der Waals surface area contributed by atoms with Crippen LogP contribution in [0.3, 0.4) is 0 Å². The van der Waals surface area contributed by atoms with Crippen LogP contribution in [-0.4, -0.2) is 16.9 Å². The molecule has 2 atom stereocenters. The monoisotopic (exact) mass is 382 g/mol. The van der Waals surface area contributed by atoms with Gasteiger partial charge in [0.2, 0.25) is 0 Å². The van der Waals surface area contributed by atoms with Gasteiger partial charge < -0.3 is 5.11 Å². The minimum absolute atomic E-state index is 0.0986. The van der Waals surface area contributed by atoms with E-state index < -0.39 is 17.8 Å². The maximum atomic E-state index is 13.2. The highest BCUT2D eigenvalue weighted by atomic mass is 16.4. The van der Waals surface area contributed by atoms with E-state index >= 15 is 0 Å². The molecule has 4 rings (SSSR count). The molecule has 0 aromatic heterocycles. The van der Waals surface area contributed by atoms with E-state index in [-0.39, 0.29) is 5.78 Å². The summed E-state index contributed by atoms with van der Waals surface area (Å²) in [5.41, 5.74) is 4.70. The van der Waals surface area contributed by atoms with Gasteiger partial charge in [0.05, 0.1) is 5.92 Å². The molecule has 0 spiro atoms. The highest BCUT2D eigenvalue weighted by molar-refractivity contribution is 6.04. The topological polar surface area (TPSA) is 54.4 Å². The molecule has 0 saturated carbocycles. The van der Waals surface area contributed by atoms with E-state index in [2.05, 4.69) is 0 Å². The number of carboxylic acid groups (broad SMARTS) is 1. The number of hydrogen-bond donors (Lipinski definition) is 1. The van der Waals surface area contributed by atoms with Crippen molar-refractivity contribution in [3.8, 4) is 0 Å². The number of aliphatic carboxylic acids is 1. The first-order valence-corrected chi connectivity index (χ1v) is 9.80. The fraction of sp³-hybridized carbons (Fsp3) is 0.154. The Morgan fingerprint density at radius 3 is 1.48 bits per heavy atom. The van der Waals surface area contributed by atoms with Gasteiger partial charge in [-0.25, -0.2) is 0 Å². The zero-order chi connectivity index (χ0) is 20.2. The standard InChI is InChI=1S/C26H22O3/c27-25(20-14-8-3-9-15-20)23-16-21(18-10-4-1-5-11-18)22(17-24(23)26(28)29)19-12-6-2-7-13-19/h1-15,23-24H,16-17H2,(H,28,29)/t23-,24-/m0/s1. The van der Waals surface area contributed by atoms with Crippen molar-refractivity contribution in [2.45, 2.75) is 12.8 Å². The van der Waals surface area contributed by atoms with Crippen molar-refractivity contribution >= 4 is 22.9 Å². The van der Waals surface area contributed by atoms with Crippen molar-refractivity contribution in [3.05, 3.63) is 108 Å². The summed E-state index contributed by atoms with van der Waals surface area (Å²) in [6.07, 6.45) is 0.756. The molecule has 3 heteroatoms. The summed E-state index contributed by atoms with van der Waals surface area (Å²) in [7, 11) is 0. The molecule has 0 saturated heterocycles. The lowest BCUT2D eigenvalue weighted by molar-refractivity contribution is -0.143. The quantitative estimate of drug-likeness (QED) is 0.585. The first-order chi connectivity index (χ1) is 14.1. The Kier molecular flexibility index (Phi) is 5.39. The van der Waals surface area contributed by atoms with Crippen molar-refractivity contribution in [2.24, 2.45) is 11.8 Å². The van der Waals surface area contributed by atoms with Gasteiger partial charge in [0.1, 0.15) is 0 Å². The van der Waals surface area contributed by atoms with Crippen molar-refractivity contribution in [2.75, 3.05) is 0 Å². The molecule has 0 fully saturated rings. The number of rotatable bonds is 5. The number of ketones is 1. The van der Waals surface area contributed by atoms with Crippen LogP contribution in [0, 0.1) is 11.8 Å². The number of carboxylic acids is 1. The fourth-order valence-electron chi connectivity index (χ4n) is 4.18. The number of carbonyl (C=O) groups excluding carboxylic acids is 1. The van der Waals surface area contributed by atoms with Gasteiger partial charge in [0.25, 0.3) is 0 Å². The third-order valence-electron chi connectivity index (χ3n) is 5.65. The van der Waals surface area contributed by atoms with Crippen LogP contribution in [0.1, 0.15) is 34.3 Å². The molecule has 0 aliphatic heterocycles. The lowest BCUT2D eigenvalue weighted by Crippen LogP contribution is -2.33. The third kappa shape index (κ3) is 3.90. The summed E-state index contributed by atoms with van der Waals surface area (Å²) >= 11 is 0. The molecule has 0 radical (unpaired) electrons. The Morgan fingerprint density at radius 1 is 0.621 bits per heavy atom. The Morgan fingerprint density at radius 2 is 1.03 bits per heavy atom. The number of allylic oxidation sites excluding steroid dienone is 2. The van der Waals surface area contributed by atoms with Gasteiger partial charge in [0, 0.05) is 11.5 Å². The lowest BCUT2D eigenvalue weighted by atomic mass is 9.70. The van der Waals surface area contributed by atoms with Gasteiger partial charge >= 0.3 is 5.97 Å². The molecule has 3 aromatic carbocycles. The third-order valence-corrected chi connectivity index (χ3v) is 5.65. The Balaban J connectivity index is 1.83. The zero-order valence-corrected chi connectivity index (χ0v) is 16.0. The Labute approximate surface area is 170 Å². The minimum Gasteiger partial charge on any atom is -0.481 e. The molecule has 1 aliphatic carbocycles. The highest BCUT2D eigenvalue weighted by Crippen LogP contribution is 2.44. The van der Waals surface area contributed by atoms with Crippen LogP contribution in [0.25, 0.3) is 11.1 Å². The smallest absolute Gasteiger partial charge is 0.307 e.